The summed E-state index contributed by atoms with van der Waals surface area (Å²) in [6, 6.07) is -0.394. The molecule has 1 aromatic rings. The number of rotatable bonds is 4. The van der Waals surface area contributed by atoms with E-state index in [1.54, 1.807) is 12.3 Å². The van der Waals surface area contributed by atoms with Gasteiger partial charge in [0.25, 0.3) is 0 Å². The van der Waals surface area contributed by atoms with Crippen LogP contribution in [0.2, 0.25) is 0 Å². The van der Waals surface area contributed by atoms with Crippen LogP contribution in [0, 0.1) is 0 Å². The maximum atomic E-state index is 11.3. The highest BCUT2D eigenvalue weighted by Gasteiger charge is 2.17. The third-order valence-electron chi connectivity index (χ3n) is 1.91. The Bertz CT molecular complexity index is 349. The molecule has 1 aromatic heterocycles. The molecule has 0 radical (unpaired) electrons. The van der Waals surface area contributed by atoms with Gasteiger partial charge in [0.2, 0.25) is 0 Å². The van der Waals surface area contributed by atoms with Crippen LogP contribution in [0.1, 0.15) is 13.3 Å². The predicted molar refractivity (Wildman–Crippen MR) is 60.1 cm³/mol. The molecule has 0 aromatic carbocycles. The highest BCUT2D eigenvalue weighted by molar-refractivity contribution is 7.13. The second kappa shape index (κ2) is 6.19. The average molecular weight is 243 g/mol. The first-order valence-corrected chi connectivity index (χ1v) is 5.67. The summed E-state index contributed by atoms with van der Waals surface area (Å²) < 4.78 is 0. The first-order valence-electron chi connectivity index (χ1n) is 4.79. The Kier molecular flexibility index (Phi) is 4.87. The third kappa shape index (κ3) is 3.59. The Balaban J connectivity index is 2.45. The van der Waals surface area contributed by atoms with Crippen molar-refractivity contribution in [1.82, 2.24) is 10.3 Å². The van der Waals surface area contributed by atoms with E-state index < -0.39 is 17.9 Å². The minimum absolute atomic E-state index is 0.188. The van der Waals surface area contributed by atoms with Gasteiger partial charge in [-0.3, -0.25) is 14.9 Å². The van der Waals surface area contributed by atoms with Crippen molar-refractivity contribution in [2.24, 2.45) is 0 Å². The lowest BCUT2D eigenvalue weighted by atomic mass is 10.2. The standard InChI is InChI=1S/C9H13N3O3S/c1-2-6(5-13)11-7(14)8(15)12-9-10-3-4-16-9/h3-4,6,13H,2,5H2,1H3,(H,11,14)(H,10,12,15). The lowest BCUT2D eigenvalue weighted by Crippen LogP contribution is -2.43. The Labute approximate surface area is 96.7 Å². The number of thiazole rings is 1. The second-order valence-corrected chi connectivity index (χ2v) is 3.95. The van der Waals surface area contributed by atoms with Crippen molar-refractivity contribution in [2.45, 2.75) is 19.4 Å². The van der Waals surface area contributed by atoms with Crippen molar-refractivity contribution < 1.29 is 14.7 Å². The van der Waals surface area contributed by atoms with Gasteiger partial charge in [-0.15, -0.1) is 11.3 Å². The van der Waals surface area contributed by atoms with Crippen LogP contribution >= 0.6 is 11.3 Å². The number of aliphatic hydroxyl groups excluding tert-OH is 1. The molecule has 7 heteroatoms. The van der Waals surface area contributed by atoms with Crippen LogP contribution in [0.15, 0.2) is 11.6 Å². The summed E-state index contributed by atoms with van der Waals surface area (Å²) in [5.74, 6) is -1.54. The number of carbonyl (C=O) groups is 2. The zero-order valence-corrected chi connectivity index (χ0v) is 9.58. The van der Waals surface area contributed by atoms with Crippen LogP contribution in [-0.4, -0.2) is 34.6 Å². The fourth-order valence-corrected chi connectivity index (χ4v) is 1.49. The van der Waals surface area contributed by atoms with Gasteiger partial charge < -0.3 is 10.4 Å². The fourth-order valence-electron chi connectivity index (χ4n) is 0.967. The number of nitrogens with one attached hydrogen (secondary N) is 2. The molecule has 16 heavy (non-hydrogen) atoms. The number of aliphatic hydroxyl groups is 1. The van der Waals surface area contributed by atoms with Gasteiger partial charge in [0.15, 0.2) is 5.13 Å². The van der Waals surface area contributed by atoms with Crippen LogP contribution < -0.4 is 10.6 Å². The predicted octanol–water partition coefficient (Wildman–Crippen LogP) is -0.0313. The molecule has 0 spiro atoms. The molecule has 1 heterocycles. The van der Waals surface area contributed by atoms with Gasteiger partial charge in [0.05, 0.1) is 12.6 Å². The molecule has 6 nitrogen and oxygen atoms in total. The number of aromatic nitrogens is 1. The Morgan fingerprint density at radius 1 is 1.56 bits per heavy atom. The largest absolute Gasteiger partial charge is 0.394 e. The fraction of sp³-hybridized carbons (Fsp3) is 0.444. The first kappa shape index (κ1) is 12.6. The van der Waals surface area contributed by atoms with Crippen LogP contribution in [-0.2, 0) is 9.59 Å². The lowest BCUT2D eigenvalue weighted by Gasteiger charge is -2.12. The van der Waals surface area contributed by atoms with Gasteiger partial charge in [0, 0.05) is 11.6 Å². The zero-order valence-electron chi connectivity index (χ0n) is 8.77. The highest BCUT2D eigenvalue weighted by Crippen LogP contribution is 2.09. The monoisotopic (exact) mass is 243 g/mol. The smallest absolute Gasteiger partial charge is 0.315 e. The Hall–Kier alpha value is -1.47. The van der Waals surface area contributed by atoms with Crippen molar-refractivity contribution in [3.8, 4) is 0 Å². The topological polar surface area (TPSA) is 91.3 Å². The van der Waals surface area contributed by atoms with Crippen molar-refractivity contribution >= 4 is 28.3 Å². The minimum Gasteiger partial charge on any atom is -0.394 e. The van der Waals surface area contributed by atoms with E-state index in [-0.39, 0.29) is 6.61 Å². The number of hydrogen-bond acceptors (Lipinski definition) is 5. The molecule has 0 fully saturated rings. The molecule has 1 rings (SSSR count). The third-order valence-corrected chi connectivity index (χ3v) is 2.60. The molecular formula is C9H13N3O3S. The van der Waals surface area contributed by atoms with Gasteiger partial charge >= 0.3 is 11.8 Å². The maximum absolute atomic E-state index is 11.3. The molecular weight excluding hydrogens is 230 g/mol. The summed E-state index contributed by atoms with van der Waals surface area (Å²) in [6.07, 6.45) is 2.09. The molecule has 0 saturated heterocycles. The van der Waals surface area contributed by atoms with E-state index in [0.29, 0.717) is 11.6 Å². The van der Waals surface area contributed by atoms with Crippen molar-refractivity contribution in [2.75, 3.05) is 11.9 Å². The van der Waals surface area contributed by atoms with Gasteiger partial charge in [-0.2, -0.15) is 0 Å². The van der Waals surface area contributed by atoms with Crippen LogP contribution in [0.4, 0.5) is 5.13 Å². The quantitative estimate of drug-likeness (QED) is 0.647. The SMILES string of the molecule is CCC(CO)NC(=O)C(=O)Nc1nccs1. The summed E-state index contributed by atoms with van der Waals surface area (Å²) in [5, 5.41) is 15.7. The average Bonchev–Trinajstić information content (AvgIpc) is 2.78. The summed E-state index contributed by atoms with van der Waals surface area (Å²) in [7, 11) is 0. The van der Waals surface area contributed by atoms with Gasteiger partial charge in [-0.25, -0.2) is 4.98 Å². The molecule has 1 atom stereocenters. The van der Waals surface area contributed by atoms with Crippen molar-refractivity contribution in [1.29, 1.82) is 0 Å². The summed E-state index contributed by atoms with van der Waals surface area (Å²) in [4.78, 5) is 26.5. The lowest BCUT2D eigenvalue weighted by molar-refractivity contribution is -0.136. The number of anilines is 1. The van der Waals surface area contributed by atoms with Crippen molar-refractivity contribution in [3.63, 3.8) is 0 Å². The Morgan fingerprint density at radius 3 is 2.81 bits per heavy atom. The summed E-state index contributed by atoms with van der Waals surface area (Å²) in [6.45, 7) is 1.62. The molecule has 88 valence electrons. The van der Waals surface area contributed by atoms with E-state index in [4.69, 9.17) is 5.11 Å². The molecule has 2 amide bonds. The van der Waals surface area contributed by atoms with E-state index in [1.807, 2.05) is 0 Å². The molecule has 0 saturated carbocycles. The van der Waals surface area contributed by atoms with E-state index >= 15 is 0 Å². The van der Waals surface area contributed by atoms with Gasteiger partial charge in [-0.1, -0.05) is 6.92 Å². The van der Waals surface area contributed by atoms with E-state index in [0.717, 1.165) is 0 Å². The van der Waals surface area contributed by atoms with E-state index in [1.165, 1.54) is 17.5 Å². The first-order chi connectivity index (χ1) is 7.67. The molecule has 0 aliphatic heterocycles. The van der Waals surface area contributed by atoms with Gasteiger partial charge in [-0.05, 0) is 6.42 Å². The molecule has 0 bridgehead atoms. The van der Waals surface area contributed by atoms with Crippen LogP contribution in [0.3, 0.4) is 0 Å². The molecule has 0 aliphatic rings. The maximum Gasteiger partial charge on any atom is 0.315 e. The van der Waals surface area contributed by atoms with Crippen molar-refractivity contribution in [3.05, 3.63) is 11.6 Å². The number of hydrogen-bond donors (Lipinski definition) is 3. The second-order valence-electron chi connectivity index (χ2n) is 3.05. The van der Waals surface area contributed by atoms with Gasteiger partial charge in [0.1, 0.15) is 0 Å². The molecule has 3 N–H and O–H groups in total. The van der Waals surface area contributed by atoms with Crippen LogP contribution in [0.5, 0.6) is 0 Å². The Morgan fingerprint density at radius 2 is 2.31 bits per heavy atom. The van der Waals surface area contributed by atoms with E-state index in [9.17, 15) is 9.59 Å². The number of carbonyl (C=O) groups excluding carboxylic acids is 2. The van der Waals surface area contributed by atoms with E-state index in [2.05, 4.69) is 15.6 Å². The summed E-state index contributed by atoms with van der Waals surface area (Å²) in [5.41, 5.74) is 0. The normalized spacial score (nSPS) is 11.9. The number of amides is 2. The molecule has 0 aliphatic carbocycles. The zero-order chi connectivity index (χ0) is 12.0. The van der Waals surface area contributed by atoms with Crippen LogP contribution in [0.25, 0.3) is 0 Å². The minimum atomic E-state index is -0.776. The summed E-state index contributed by atoms with van der Waals surface area (Å²) >= 11 is 1.23. The highest BCUT2D eigenvalue weighted by atomic mass is 32.1. The molecule has 1 unspecified atom stereocenters. The number of nitrogens with zero attached hydrogens (tertiary/aromatic N) is 1.